The molecule has 0 bridgehead atoms. The van der Waals surface area contributed by atoms with Crippen molar-refractivity contribution in [3.05, 3.63) is 131 Å². The first-order valence-corrected chi connectivity index (χ1v) is 20.6. The summed E-state index contributed by atoms with van der Waals surface area (Å²) in [5, 5.41) is 0. The number of rotatable bonds is 8. The molecule has 0 aliphatic carbocycles. The van der Waals surface area contributed by atoms with Gasteiger partial charge in [0.2, 0.25) is 0 Å². The summed E-state index contributed by atoms with van der Waals surface area (Å²) in [7, 11) is 0. The maximum absolute atomic E-state index is 4.00. The smallest absolute Gasteiger partial charge is 0.0377 e. The Labute approximate surface area is 331 Å². The van der Waals surface area contributed by atoms with Gasteiger partial charge < -0.3 is 0 Å². The van der Waals surface area contributed by atoms with Gasteiger partial charge in [0, 0.05) is 0 Å². The number of hydrogen-bond acceptors (Lipinski definition) is 0. The molecular formula is C48H70N4Pd. The van der Waals surface area contributed by atoms with Gasteiger partial charge in [-0.25, -0.2) is 0 Å². The topological polar surface area (TPSA) is 19.7 Å². The second-order valence-corrected chi connectivity index (χ2v) is 15.7. The van der Waals surface area contributed by atoms with Crippen LogP contribution in [0.2, 0.25) is 0 Å². The molecule has 4 nitrogen and oxygen atoms in total. The van der Waals surface area contributed by atoms with Crippen LogP contribution in [0.15, 0.2) is 90.1 Å². The largest absolute Gasteiger partial charge is 0.0862 e. The molecule has 53 heavy (non-hydrogen) atoms. The Hall–Kier alpha value is -3.96. The average Bonchev–Trinajstić information content (AvgIpc) is 3.69. The molecule has 0 aliphatic heterocycles. The van der Waals surface area contributed by atoms with Crippen molar-refractivity contribution in [1.29, 1.82) is 0 Å². The first-order valence-electron chi connectivity index (χ1n) is 19.1. The van der Waals surface area contributed by atoms with Crippen LogP contribution in [0.25, 0.3) is 17.1 Å². The van der Waals surface area contributed by atoms with Gasteiger partial charge in [-0.2, -0.15) is 0 Å². The van der Waals surface area contributed by atoms with Crippen LogP contribution in [0, 0.1) is 62.2 Å². The van der Waals surface area contributed by atoms with Crippen LogP contribution < -0.4 is 0 Å². The van der Waals surface area contributed by atoms with Crippen LogP contribution in [0.4, 0.5) is 0 Å². The van der Waals surface area contributed by atoms with Crippen molar-refractivity contribution >= 4 is 5.70 Å². The molecule has 0 saturated carbocycles. The molecule has 0 fully saturated rings. The SMILES string of the molecule is C#C.CC.CC/C=C(C)\C=C/C(C)n1ccn(-c2c(C)cc(C)cc2C)[c]1=[Pd]=[c]1n(C(C)=C(C)C)ccn1-c1c(C)cc(C)cc1C.CCC=C(C)C. The number of imidazole rings is 2. The van der Waals surface area contributed by atoms with E-state index >= 15 is 0 Å². The van der Waals surface area contributed by atoms with Gasteiger partial charge >= 0.3 is 268 Å². The van der Waals surface area contributed by atoms with Crippen molar-refractivity contribution in [2.24, 2.45) is 0 Å². The number of hydrogen-bond donors (Lipinski definition) is 0. The molecule has 0 amide bonds. The van der Waals surface area contributed by atoms with Gasteiger partial charge in [-0.05, 0) is 20.3 Å². The minimum Gasteiger partial charge on any atom is -0.0862 e. The number of aromatic nitrogens is 4. The molecule has 292 valence electrons. The number of benzene rings is 2. The maximum atomic E-state index is 4.00. The Kier molecular flexibility index (Phi) is 20.4. The third kappa shape index (κ3) is 12.8. The summed E-state index contributed by atoms with van der Waals surface area (Å²) in [6.45, 7) is 37.0. The van der Waals surface area contributed by atoms with Crippen molar-refractivity contribution in [1.82, 2.24) is 18.3 Å². The Morgan fingerprint density at radius 2 is 1.09 bits per heavy atom. The van der Waals surface area contributed by atoms with Gasteiger partial charge in [-0.15, -0.1) is 12.8 Å². The van der Waals surface area contributed by atoms with Crippen molar-refractivity contribution < 1.29 is 17.1 Å². The van der Waals surface area contributed by atoms with Gasteiger partial charge in [-0.1, -0.05) is 32.4 Å². The molecule has 0 radical (unpaired) electrons. The zero-order valence-corrected chi connectivity index (χ0v) is 37.7. The average molecular weight is 810 g/mol. The van der Waals surface area contributed by atoms with Gasteiger partial charge in [-0.3, -0.25) is 0 Å². The maximum Gasteiger partial charge on any atom is -0.0377 e. The Bertz CT molecular complexity index is 2050. The predicted octanol–water partition coefficient (Wildman–Crippen LogP) is 14.0. The summed E-state index contributed by atoms with van der Waals surface area (Å²) in [5.41, 5.74) is 15.7. The van der Waals surface area contributed by atoms with Gasteiger partial charge in [0.25, 0.3) is 0 Å². The van der Waals surface area contributed by atoms with Crippen molar-refractivity contribution in [2.45, 2.75) is 137 Å². The van der Waals surface area contributed by atoms with Gasteiger partial charge in [0.15, 0.2) is 0 Å². The molecule has 5 heteroatoms. The van der Waals surface area contributed by atoms with Crippen LogP contribution in [-0.2, 0) is 17.1 Å². The fourth-order valence-corrected chi connectivity index (χ4v) is 8.80. The van der Waals surface area contributed by atoms with E-state index in [1.165, 1.54) is 81.4 Å². The molecular weight excluding hydrogens is 739 g/mol. The summed E-state index contributed by atoms with van der Waals surface area (Å²) in [5.74, 6) is 0. The molecule has 1 atom stereocenters. The van der Waals surface area contributed by atoms with E-state index in [1.807, 2.05) is 13.8 Å². The molecule has 4 aromatic rings. The minimum atomic E-state index is 0.113. The molecule has 2 aromatic carbocycles. The zero-order chi connectivity index (χ0) is 40.6. The van der Waals surface area contributed by atoms with E-state index in [4.69, 9.17) is 0 Å². The number of terminal acetylenes is 1. The quantitative estimate of drug-likeness (QED) is 0.0731. The number of allylic oxidation sites excluding steroid dienone is 8. The Morgan fingerprint density at radius 3 is 1.49 bits per heavy atom. The van der Waals surface area contributed by atoms with E-state index in [0.29, 0.717) is 0 Å². The second kappa shape index (κ2) is 23.0. The van der Waals surface area contributed by atoms with Crippen LogP contribution in [0.5, 0.6) is 0 Å². The molecule has 0 spiro atoms. The first kappa shape index (κ1) is 47.1. The molecule has 4 rings (SSSR count). The van der Waals surface area contributed by atoms with Crippen LogP contribution in [0.1, 0.15) is 128 Å². The predicted molar refractivity (Wildman–Crippen MR) is 232 cm³/mol. The fourth-order valence-electron chi connectivity index (χ4n) is 6.34. The first-order chi connectivity index (χ1) is 25.1. The van der Waals surface area contributed by atoms with Crippen LogP contribution >= 0.6 is 0 Å². The standard InChI is InChI=1S/C21H28N2.C17H22N2.C6H12.C2H6.C2H2.Pd/c1-7-8-16(2)9-10-20(6)22-11-12-23(15-22)21-18(4)13-17(3)14-19(21)5;1-12(2)16(6)18-7-8-19(11-18)17-14(4)9-13(3)10-15(17)5;1-4-5-6(2)3;2*1-2;/h8-14,20H,7H2,1-6H3;7-10H,1-6H3;5H,4H2,1-3H3;1-2H3;1-2H;/b10-9-,16-8-;;;;;. The normalized spacial score (nSPS) is 11.5. The molecule has 0 saturated heterocycles. The molecule has 2 aromatic heterocycles. The Morgan fingerprint density at radius 1 is 0.660 bits per heavy atom. The van der Waals surface area contributed by atoms with Gasteiger partial charge in [0.1, 0.15) is 0 Å². The monoisotopic (exact) mass is 808 g/mol. The molecule has 2 heterocycles. The Balaban J connectivity index is 0.00000126. The molecule has 1 unspecified atom stereocenters. The van der Waals surface area contributed by atoms with Crippen LogP contribution in [-0.4, -0.2) is 18.3 Å². The fraction of sp³-hybridized carbons (Fsp3) is 0.417. The van der Waals surface area contributed by atoms with E-state index in [9.17, 15) is 0 Å². The summed E-state index contributed by atoms with van der Waals surface area (Å²) in [6.07, 6.45) is 28.4. The second-order valence-electron chi connectivity index (χ2n) is 13.9. The van der Waals surface area contributed by atoms with E-state index in [1.54, 1.807) is 0 Å². The van der Waals surface area contributed by atoms with E-state index in [0.717, 1.165) is 6.42 Å². The third-order valence-corrected chi connectivity index (χ3v) is 10.9. The van der Waals surface area contributed by atoms with Gasteiger partial charge in [0.05, 0.1) is 0 Å². The van der Waals surface area contributed by atoms with E-state index in [2.05, 4.69) is 208 Å². The summed E-state index contributed by atoms with van der Waals surface area (Å²) >= 11 is 0.113. The van der Waals surface area contributed by atoms with E-state index < -0.39 is 0 Å². The van der Waals surface area contributed by atoms with Crippen molar-refractivity contribution in [2.75, 3.05) is 0 Å². The third-order valence-electron chi connectivity index (χ3n) is 8.68. The van der Waals surface area contributed by atoms with E-state index in [-0.39, 0.29) is 23.1 Å². The zero-order valence-electron chi connectivity index (χ0n) is 36.2. The number of aryl methyl sites for hydroxylation is 6. The van der Waals surface area contributed by atoms with Crippen molar-refractivity contribution in [3.63, 3.8) is 0 Å². The summed E-state index contributed by atoms with van der Waals surface area (Å²) < 4.78 is 12.4. The van der Waals surface area contributed by atoms with Crippen molar-refractivity contribution in [3.8, 4) is 24.2 Å². The molecule has 0 N–H and O–H groups in total. The summed E-state index contributed by atoms with van der Waals surface area (Å²) in [6, 6.07) is 9.41. The van der Waals surface area contributed by atoms with Crippen LogP contribution in [0.3, 0.4) is 0 Å². The minimum absolute atomic E-state index is 0.113. The molecule has 0 aliphatic rings. The summed E-state index contributed by atoms with van der Waals surface area (Å²) in [4.78, 5) is 0. The number of nitrogens with zero attached hydrogens (tertiary/aromatic N) is 4.